The normalized spacial score (nSPS) is 13.0. The zero-order valence-electron chi connectivity index (χ0n) is 10.4. The molecule has 0 spiro atoms. The molecule has 0 aliphatic rings. The lowest BCUT2D eigenvalue weighted by atomic mass is 9.86. The highest BCUT2D eigenvalue weighted by atomic mass is 14.7. The summed E-state index contributed by atoms with van der Waals surface area (Å²) in [6.07, 6.45) is 0. The first-order chi connectivity index (χ1) is 6.91. The van der Waals surface area contributed by atoms with Gasteiger partial charge >= 0.3 is 0 Å². The molecule has 0 aliphatic heterocycles. The van der Waals surface area contributed by atoms with Gasteiger partial charge in [-0.1, -0.05) is 0 Å². The second-order valence-electron chi connectivity index (χ2n) is 4.38. The van der Waals surface area contributed by atoms with Crippen molar-refractivity contribution in [2.45, 2.75) is 40.7 Å². The average molecular weight is 206 g/mol. The Kier molecular flexibility index (Phi) is 3.53. The molecule has 2 heteroatoms. The van der Waals surface area contributed by atoms with Gasteiger partial charge in [-0.15, -0.1) is 0 Å². The van der Waals surface area contributed by atoms with Crippen LogP contribution in [0, 0.1) is 34.6 Å². The van der Waals surface area contributed by atoms with E-state index in [0.717, 1.165) is 0 Å². The van der Waals surface area contributed by atoms with Crippen molar-refractivity contribution in [1.82, 2.24) is 0 Å². The van der Waals surface area contributed by atoms with Crippen LogP contribution in [-0.2, 0) is 0 Å². The standard InChI is InChI=1S/C13H22N2/c1-7-8(2)10(4)13(12(15)6-14)11(5)9(7)3/h12H,6,14-15H2,1-5H3/t12-/m0/s1. The van der Waals surface area contributed by atoms with Gasteiger partial charge in [0, 0.05) is 12.6 Å². The molecular formula is C13H22N2. The quantitative estimate of drug-likeness (QED) is 0.779. The van der Waals surface area contributed by atoms with Gasteiger partial charge in [0.2, 0.25) is 0 Å². The fourth-order valence-electron chi connectivity index (χ4n) is 2.20. The van der Waals surface area contributed by atoms with Crippen molar-refractivity contribution < 1.29 is 0 Å². The summed E-state index contributed by atoms with van der Waals surface area (Å²) < 4.78 is 0. The monoisotopic (exact) mass is 206 g/mol. The first kappa shape index (κ1) is 12.2. The highest BCUT2D eigenvalue weighted by Gasteiger charge is 2.16. The van der Waals surface area contributed by atoms with Gasteiger partial charge in [0.25, 0.3) is 0 Å². The van der Waals surface area contributed by atoms with Crippen LogP contribution in [0.5, 0.6) is 0 Å². The molecule has 0 heterocycles. The minimum atomic E-state index is -0.0389. The van der Waals surface area contributed by atoms with Gasteiger partial charge in [-0.2, -0.15) is 0 Å². The first-order valence-corrected chi connectivity index (χ1v) is 5.44. The van der Waals surface area contributed by atoms with Gasteiger partial charge < -0.3 is 11.5 Å². The lowest BCUT2D eigenvalue weighted by Gasteiger charge is -2.22. The van der Waals surface area contributed by atoms with E-state index >= 15 is 0 Å². The smallest absolute Gasteiger partial charge is 0.0424 e. The summed E-state index contributed by atoms with van der Waals surface area (Å²) in [7, 11) is 0. The van der Waals surface area contributed by atoms with Crippen LogP contribution in [0.4, 0.5) is 0 Å². The van der Waals surface area contributed by atoms with E-state index in [-0.39, 0.29) is 6.04 Å². The van der Waals surface area contributed by atoms with E-state index < -0.39 is 0 Å². The van der Waals surface area contributed by atoms with Gasteiger partial charge in [0.05, 0.1) is 0 Å². The maximum absolute atomic E-state index is 6.06. The van der Waals surface area contributed by atoms with E-state index in [9.17, 15) is 0 Å². The summed E-state index contributed by atoms with van der Waals surface area (Å²) in [6.45, 7) is 11.3. The Morgan fingerprint density at radius 1 is 0.800 bits per heavy atom. The zero-order valence-corrected chi connectivity index (χ0v) is 10.4. The third kappa shape index (κ3) is 1.92. The molecule has 0 fully saturated rings. The molecule has 1 aromatic carbocycles. The summed E-state index contributed by atoms with van der Waals surface area (Å²) in [5, 5.41) is 0. The third-order valence-electron chi connectivity index (χ3n) is 3.68. The largest absolute Gasteiger partial charge is 0.329 e. The van der Waals surface area contributed by atoms with E-state index in [1.54, 1.807) is 0 Å². The molecule has 1 atom stereocenters. The van der Waals surface area contributed by atoms with Crippen molar-refractivity contribution >= 4 is 0 Å². The third-order valence-corrected chi connectivity index (χ3v) is 3.68. The molecule has 0 amide bonds. The van der Waals surface area contributed by atoms with Gasteiger partial charge in [-0.25, -0.2) is 0 Å². The van der Waals surface area contributed by atoms with E-state index in [2.05, 4.69) is 34.6 Å². The predicted molar refractivity (Wildman–Crippen MR) is 66.1 cm³/mol. The zero-order chi connectivity index (χ0) is 11.7. The Hall–Kier alpha value is -0.860. The molecule has 0 radical (unpaired) electrons. The summed E-state index contributed by atoms with van der Waals surface area (Å²) in [4.78, 5) is 0. The van der Waals surface area contributed by atoms with Gasteiger partial charge in [0.1, 0.15) is 0 Å². The lowest BCUT2D eigenvalue weighted by Crippen LogP contribution is -2.23. The summed E-state index contributed by atoms with van der Waals surface area (Å²) in [5.74, 6) is 0. The van der Waals surface area contributed by atoms with Crippen molar-refractivity contribution in [2.24, 2.45) is 11.5 Å². The molecule has 15 heavy (non-hydrogen) atoms. The van der Waals surface area contributed by atoms with E-state index in [1.165, 1.54) is 33.4 Å². The lowest BCUT2D eigenvalue weighted by molar-refractivity contribution is 0.722. The van der Waals surface area contributed by atoms with E-state index in [0.29, 0.717) is 6.54 Å². The predicted octanol–water partition coefficient (Wildman–Crippen LogP) is 2.19. The maximum Gasteiger partial charge on any atom is 0.0424 e. The molecule has 0 unspecified atom stereocenters. The Morgan fingerprint density at radius 3 is 1.47 bits per heavy atom. The molecule has 0 saturated heterocycles. The molecule has 4 N–H and O–H groups in total. The molecule has 1 rings (SSSR count). The highest BCUT2D eigenvalue weighted by Crippen LogP contribution is 2.28. The Balaban J connectivity index is 3.52. The van der Waals surface area contributed by atoms with Crippen LogP contribution in [0.1, 0.15) is 39.4 Å². The van der Waals surface area contributed by atoms with Crippen LogP contribution in [-0.4, -0.2) is 6.54 Å². The number of hydrogen-bond acceptors (Lipinski definition) is 2. The van der Waals surface area contributed by atoms with Crippen LogP contribution < -0.4 is 11.5 Å². The summed E-state index contributed by atoms with van der Waals surface area (Å²) >= 11 is 0. The molecule has 0 aromatic heterocycles. The first-order valence-electron chi connectivity index (χ1n) is 5.44. The summed E-state index contributed by atoms with van der Waals surface area (Å²) in [6, 6.07) is -0.0389. The molecule has 84 valence electrons. The number of nitrogens with two attached hydrogens (primary N) is 2. The minimum Gasteiger partial charge on any atom is -0.329 e. The molecule has 0 bridgehead atoms. The molecule has 0 saturated carbocycles. The Bertz CT molecular complexity index is 352. The van der Waals surface area contributed by atoms with Crippen LogP contribution in [0.25, 0.3) is 0 Å². The van der Waals surface area contributed by atoms with Gasteiger partial charge in [-0.05, 0) is 68.0 Å². The minimum absolute atomic E-state index is 0.0389. The Morgan fingerprint density at radius 2 is 1.13 bits per heavy atom. The topological polar surface area (TPSA) is 52.0 Å². The van der Waals surface area contributed by atoms with Crippen molar-refractivity contribution in [3.63, 3.8) is 0 Å². The Labute approximate surface area is 92.7 Å². The van der Waals surface area contributed by atoms with Gasteiger partial charge in [-0.3, -0.25) is 0 Å². The SMILES string of the molecule is Cc1c(C)c(C)c([C@@H](N)CN)c(C)c1C. The number of benzene rings is 1. The highest BCUT2D eigenvalue weighted by molar-refractivity contribution is 5.50. The van der Waals surface area contributed by atoms with Crippen molar-refractivity contribution in [3.05, 3.63) is 33.4 Å². The van der Waals surface area contributed by atoms with Crippen molar-refractivity contribution in [2.75, 3.05) is 6.54 Å². The fourth-order valence-corrected chi connectivity index (χ4v) is 2.20. The van der Waals surface area contributed by atoms with E-state index in [1.807, 2.05) is 0 Å². The van der Waals surface area contributed by atoms with Crippen molar-refractivity contribution in [1.29, 1.82) is 0 Å². The molecule has 1 aromatic rings. The van der Waals surface area contributed by atoms with Crippen molar-refractivity contribution in [3.8, 4) is 0 Å². The van der Waals surface area contributed by atoms with E-state index in [4.69, 9.17) is 11.5 Å². The molecule has 0 aliphatic carbocycles. The maximum atomic E-state index is 6.06. The molecule has 2 nitrogen and oxygen atoms in total. The van der Waals surface area contributed by atoms with Crippen LogP contribution >= 0.6 is 0 Å². The van der Waals surface area contributed by atoms with Crippen LogP contribution in [0.2, 0.25) is 0 Å². The average Bonchev–Trinajstić information content (AvgIpc) is 2.23. The summed E-state index contributed by atoms with van der Waals surface area (Å²) in [5.41, 5.74) is 19.6. The molecular weight excluding hydrogens is 184 g/mol. The second kappa shape index (κ2) is 4.33. The number of rotatable bonds is 2. The fraction of sp³-hybridized carbons (Fsp3) is 0.538. The van der Waals surface area contributed by atoms with Crippen LogP contribution in [0.15, 0.2) is 0 Å². The van der Waals surface area contributed by atoms with Crippen LogP contribution in [0.3, 0.4) is 0 Å². The number of hydrogen-bond donors (Lipinski definition) is 2. The van der Waals surface area contributed by atoms with Gasteiger partial charge in [0.15, 0.2) is 0 Å². The second-order valence-corrected chi connectivity index (χ2v) is 4.38.